The van der Waals surface area contributed by atoms with Crippen molar-refractivity contribution >= 4 is 54.1 Å². The number of rotatable bonds is 3. The van der Waals surface area contributed by atoms with E-state index in [0.717, 1.165) is 10.9 Å². The summed E-state index contributed by atoms with van der Waals surface area (Å²) in [7, 11) is -3.68. The molecule has 0 saturated carbocycles. The first-order chi connectivity index (χ1) is 9.94. The predicted octanol–water partition coefficient (Wildman–Crippen LogP) is 4.38. The Labute approximate surface area is 135 Å². The minimum atomic E-state index is -3.68. The molecule has 108 valence electrons. The maximum atomic E-state index is 12.4. The summed E-state index contributed by atoms with van der Waals surface area (Å²) >= 11 is 9.13. The number of benzene rings is 2. The monoisotopic (exact) mass is 384 g/mol. The Morgan fingerprint density at radius 2 is 1.90 bits per heavy atom. The summed E-state index contributed by atoms with van der Waals surface area (Å²) in [6.07, 6.45) is 1.80. The number of fused-ring (bicyclic) bond motifs is 1. The van der Waals surface area contributed by atoms with Crippen molar-refractivity contribution in [3.05, 3.63) is 58.2 Å². The molecule has 0 bridgehead atoms. The molecule has 1 aromatic heterocycles. The predicted molar refractivity (Wildman–Crippen MR) is 88.3 cm³/mol. The quantitative estimate of drug-likeness (QED) is 0.702. The third-order valence-corrected chi connectivity index (χ3v) is 4.99. The van der Waals surface area contributed by atoms with Gasteiger partial charge >= 0.3 is 0 Å². The van der Waals surface area contributed by atoms with Crippen molar-refractivity contribution in [3.63, 3.8) is 0 Å². The van der Waals surface area contributed by atoms with Gasteiger partial charge in [0.1, 0.15) is 0 Å². The van der Waals surface area contributed by atoms with Gasteiger partial charge in [0.2, 0.25) is 0 Å². The van der Waals surface area contributed by atoms with E-state index in [0.29, 0.717) is 15.2 Å². The van der Waals surface area contributed by atoms with Gasteiger partial charge in [-0.25, -0.2) is 8.42 Å². The molecule has 21 heavy (non-hydrogen) atoms. The van der Waals surface area contributed by atoms with E-state index in [2.05, 4.69) is 25.6 Å². The van der Waals surface area contributed by atoms with E-state index in [1.165, 1.54) is 12.1 Å². The Morgan fingerprint density at radius 3 is 2.67 bits per heavy atom. The van der Waals surface area contributed by atoms with E-state index in [1.54, 1.807) is 24.4 Å². The molecule has 7 heteroatoms. The minimum Gasteiger partial charge on any atom is -0.361 e. The van der Waals surface area contributed by atoms with Crippen LogP contribution in [0.2, 0.25) is 5.02 Å². The van der Waals surface area contributed by atoms with E-state index in [-0.39, 0.29) is 4.90 Å². The molecule has 0 aliphatic carbocycles. The lowest BCUT2D eigenvalue weighted by molar-refractivity contribution is 0.601. The van der Waals surface area contributed by atoms with Gasteiger partial charge in [-0.3, -0.25) is 4.72 Å². The molecule has 0 aliphatic heterocycles. The van der Waals surface area contributed by atoms with Gasteiger partial charge in [-0.15, -0.1) is 0 Å². The normalized spacial score (nSPS) is 11.7. The van der Waals surface area contributed by atoms with Gasteiger partial charge in [0.05, 0.1) is 4.90 Å². The Morgan fingerprint density at radius 1 is 1.10 bits per heavy atom. The zero-order valence-electron chi connectivity index (χ0n) is 10.6. The average molecular weight is 386 g/mol. The van der Waals surface area contributed by atoms with Crippen LogP contribution in [0.4, 0.5) is 5.69 Å². The molecular formula is C14H10BrClN2O2S. The number of halogens is 2. The fourth-order valence-electron chi connectivity index (χ4n) is 2.01. The summed E-state index contributed by atoms with van der Waals surface area (Å²) in [5.74, 6) is 0. The van der Waals surface area contributed by atoms with Crippen LogP contribution in [0.15, 0.2) is 58.0 Å². The second-order valence-electron chi connectivity index (χ2n) is 4.49. The molecule has 3 aromatic rings. The average Bonchev–Trinajstić information content (AvgIpc) is 2.84. The van der Waals surface area contributed by atoms with Crippen molar-refractivity contribution in [2.45, 2.75) is 4.90 Å². The van der Waals surface area contributed by atoms with Crippen LogP contribution in [0, 0.1) is 0 Å². The summed E-state index contributed by atoms with van der Waals surface area (Å²) in [4.78, 5) is 3.16. The van der Waals surface area contributed by atoms with Gasteiger partial charge in [-0.1, -0.05) is 27.5 Å². The molecule has 4 nitrogen and oxygen atoms in total. The number of hydrogen-bond acceptors (Lipinski definition) is 2. The third kappa shape index (κ3) is 3.07. The first-order valence-electron chi connectivity index (χ1n) is 6.00. The van der Waals surface area contributed by atoms with E-state index >= 15 is 0 Å². The van der Waals surface area contributed by atoms with Gasteiger partial charge in [0, 0.05) is 32.3 Å². The SMILES string of the molecule is O=S(=O)(Nc1ccc2[nH]ccc2c1)c1cc(Cl)cc(Br)c1. The van der Waals surface area contributed by atoms with Gasteiger partial charge in [-0.05, 0) is 42.5 Å². The Hall–Kier alpha value is -1.50. The third-order valence-electron chi connectivity index (χ3n) is 2.95. The molecule has 0 aliphatic rings. The van der Waals surface area contributed by atoms with Crippen molar-refractivity contribution in [2.75, 3.05) is 4.72 Å². The fourth-order valence-corrected chi connectivity index (χ4v) is 4.21. The van der Waals surface area contributed by atoms with Gasteiger partial charge in [0.15, 0.2) is 0 Å². The van der Waals surface area contributed by atoms with Crippen LogP contribution in [-0.4, -0.2) is 13.4 Å². The molecule has 0 atom stereocenters. The van der Waals surface area contributed by atoms with Crippen LogP contribution in [-0.2, 0) is 10.0 Å². The smallest absolute Gasteiger partial charge is 0.261 e. The van der Waals surface area contributed by atoms with Crippen LogP contribution in [0.5, 0.6) is 0 Å². The van der Waals surface area contributed by atoms with Crippen LogP contribution >= 0.6 is 27.5 Å². The molecule has 2 aromatic carbocycles. The van der Waals surface area contributed by atoms with E-state index in [4.69, 9.17) is 11.6 Å². The molecule has 0 fully saturated rings. The standard InChI is InChI=1S/C14H10BrClN2O2S/c15-10-6-11(16)8-13(7-10)21(19,20)18-12-1-2-14-9(5-12)3-4-17-14/h1-8,17-18H. The van der Waals surface area contributed by atoms with Gasteiger partial charge in [0.25, 0.3) is 10.0 Å². The van der Waals surface area contributed by atoms with Crippen molar-refractivity contribution in [1.82, 2.24) is 4.98 Å². The molecule has 0 spiro atoms. The highest BCUT2D eigenvalue weighted by molar-refractivity contribution is 9.10. The number of H-pyrrole nitrogens is 1. The van der Waals surface area contributed by atoms with Crippen LogP contribution < -0.4 is 4.72 Å². The molecular weight excluding hydrogens is 376 g/mol. The maximum absolute atomic E-state index is 12.4. The van der Waals surface area contributed by atoms with Gasteiger partial charge in [-0.2, -0.15) is 0 Å². The lowest BCUT2D eigenvalue weighted by Crippen LogP contribution is -2.12. The van der Waals surface area contributed by atoms with E-state index in [9.17, 15) is 8.42 Å². The highest BCUT2D eigenvalue weighted by Gasteiger charge is 2.16. The van der Waals surface area contributed by atoms with Gasteiger partial charge < -0.3 is 4.98 Å². The number of hydrogen-bond donors (Lipinski definition) is 2. The first kappa shape index (κ1) is 14.4. The summed E-state index contributed by atoms with van der Waals surface area (Å²) in [5.41, 5.74) is 1.45. The molecule has 0 amide bonds. The molecule has 3 rings (SSSR count). The molecule has 0 unspecified atom stereocenters. The minimum absolute atomic E-state index is 0.107. The molecule has 0 saturated heterocycles. The van der Waals surface area contributed by atoms with Crippen LogP contribution in [0.25, 0.3) is 10.9 Å². The second kappa shape index (κ2) is 5.36. The van der Waals surface area contributed by atoms with Crippen LogP contribution in [0.3, 0.4) is 0 Å². The highest BCUT2D eigenvalue weighted by Crippen LogP contribution is 2.25. The summed E-state index contributed by atoms with van der Waals surface area (Å²) in [5, 5.41) is 1.29. The Balaban J connectivity index is 1.98. The summed E-state index contributed by atoms with van der Waals surface area (Å²) in [6.45, 7) is 0. The van der Waals surface area contributed by atoms with E-state index in [1.807, 2.05) is 12.1 Å². The van der Waals surface area contributed by atoms with E-state index < -0.39 is 10.0 Å². The van der Waals surface area contributed by atoms with Crippen molar-refractivity contribution in [1.29, 1.82) is 0 Å². The Bertz CT molecular complexity index is 901. The summed E-state index contributed by atoms with van der Waals surface area (Å²) in [6, 6.07) is 11.7. The van der Waals surface area contributed by atoms with Crippen molar-refractivity contribution in [2.24, 2.45) is 0 Å². The largest absolute Gasteiger partial charge is 0.361 e. The topological polar surface area (TPSA) is 62.0 Å². The number of aromatic nitrogens is 1. The number of nitrogens with one attached hydrogen (secondary N) is 2. The zero-order chi connectivity index (χ0) is 15.0. The maximum Gasteiger partial charge on any atom is 0.261 e. The lowest BCUT2D eigenvalue weighted by atomic mass is 10.2. The zero-order valence-corrected chi connectivity index (χ0v) is 13.8. The van der Waals surface area contributed by atoms with Crippen molar-refractivity contribution < 1.29 is 8.42 Å². The van der Waals surface area contributed by atoms with Crippen molar-refractivity contribution in [3.8, 4) is 0 Å². The Kier molecular flexibility index (Phi) is 3.69. The highest BCUT2D eigenvalue weighted by atomic mass is 79.9. The summed E-state index contributed by atoms with van der Waals surface area (Å²) < 4.78 is 27.9. The molecule has 0 radical (unpaired) electrons. The lowest BCUT2D eigenvalue weighted by Gasteiger charge is -2.09. The molecule has 2 N–H and O–H groups in total. The van der Waals surface area contributed by atoms with Crippen LogP contribution in [0.1, 0.15) is 0 Å². The number of aromatic amines is 1. The molecule has 1 heterocycles. The fraction of sp³-hybridized carbons (Fsp3) is 0. The number of sulfonamides is 1. The second-order valence-corrected chi connectivity index (χ2v) is 7.52. The first-order valence-corrected chi connectivity index (χ1v) is 8.65. The number of anilines is 1.